The molecule has 0 fully saturated rings. The van der Waals surface area contributed by atoms with Crippen LogP contribution in [0.2, 0.25) is 0 Å². The molecule has 0 saturated heterocycles. The molecular formula is C15H13BrFNO3. The van der Waals surface area contributed by atoms with Gasteiger partial charge < -0.3 is 15.2 Å². The second kappa shape index (κ2) is 7.08. The molecule has 0 amide bonds. The van der Waals surface area contributed by atoms with Gasteiger partial charge in [-0.3, -0.25) is 0 Å². The molecule has 0 unspecified atom stereocenters. The van der Waals surface area contributed by atoms with Crippen molar-refractivity contribution in [2.45, 2.75) is 0 Å². The standard InChI is InChI=1S/C15H13BrFNO3/c16-11-2-1-3-12(9-11)20-6-7-21-15(19)10-4-5-13(17)14(18)8-10/h1-5,8-9H,6-7,18H2. The topological polar surface area (TPSA) is 61.6 Å². The number of hydrogen-bond donors (Lipinski definition) is 1. The number of carbonyl (C=O) groups is 1. The molecule has 2 N–H and O–H groups in total. The Bertz CT molecular complexity index is 649. The summed E-state index contributed by atoms with van der Waals surface area (Å²) in [5, 5.41) is 0. The van der Waals surface area contributed by atoms with Crippen molar-refractivity contribution in [1.29, 1.82) is 0 Å². The van der Waals surface area contributed by atoms with Crippen LogP contribution in [0, 0.1) is 5.82 Å². The van der Waals surface area contributed by atoms with E-state index in [1.165, 1.54) is 12.1 Å². The summed E-state index contributed by atoms with van der Waals surface area (Å²) < 4.78 is 24.3. The molecule has 0 aliphatic heterocycles. The summed E-state index contributed by atoms with van der Waals surface area (Å²) in [5.74, 6) is -0.462. The van der Waals surface area contributed by atoms with Gasteiger partial charge in [-0.15, -0.1) is 0 Å². The monoisotopic (exact) mass is 353 g/mol. The Kier molecular flexibility index (Phi) is 5.16. The minimum atomic E-state index is -0.570. The Labute approximate surface area is 129 Å². The molecule has 0 spiro atoms. The van der Waals surface area contributed by atoms with Crippen LogP contribution in [0.25, 0.3) is 0 Å². The average molecular weight is 354 g/mol. The SMILES string of the molecule is Nc1cc(C(=O)OCCOc2cccc(Br)c2)ccc1F. The number of ether oxygens (including phenoxy) is 2. The highest BCUT2D eigenvalue weighted by Crippen LogP contribution is 2.17. The number of anilines is 1. The molecule has 0 heterocycles. The highest BCUT2D eigenvalue weighted by Gasteiger charge is 2.09. The molecule has 0 aliphatic carbocycles. The second-order valence-corrected chi connectivity index (χ2v) is 5.09. The van der Waals surface area contributed by atoms with Crippen molar-refractivity contribution in [3.63, 3.8) is 0 Å². The molecule has 0 atom stereocenters. The maximum absolute atomic E-state index is 13.0. The molecule has 21 heavy (non-hydrogen) atoms. The zero-order valence-electron chi connectivity index (χ0n) is 11.0. The van der Waals surface area contributed by atoms with Crippen molar-refractivity contribution in [2.75, 3.05) is 18.9 Å². The van der Waals surface area contributed by atoms with E-state index in [1.807, 2.05) is 18.2 Å². The maximum Gasteiger partial charge on any atom is 0.338 e. The number of carbonyl (C=O) groups excluding carboxylic acids is 1. The van der Waals surface area contributed by atoms with E-state index in [0.29, 0.717) is 5.75 Å². The molecule has 4 nitrogen and oxygen atoms in total. The summed E-state index contributed by atoms with van der Waals surface area (Å²) in [6.45, 7) is 0.307. The minimum absolute atomic E-state index is 0.0859. The molecule has 2 rings (SSSR count). The molecule has 2 aromatic rings. The van der Waals surface area contributed by atoms with Gasteiger partial charge in [0.25, 0.3) is 0 Å². The Hall–Kier alpha value is -2.08. The quantitative estimate of drug-likeness (QED) is 0.508. The predicted octanol–water partition coefficient (Wildman–Crippen LogP) is 3.41. The molecule has 0 bridgehead atoms. The lowest BCUT2D eigenvalue weighted by molar-refractivity contribution is 0.0450. The van der Waals surface area contributed by atoms with Gasteiger partial charge in [0.05, 0.1) is 11.3 Å². The van der Waals surface area contributed by atoms with Crippen LogP contribution in [0.15, 0.2) is 46.9 Å². The fourth-order valence-electron chi connectivity index (χ4n) is 1.60. The zero-order chi connectivity index (χ0) is 15.2. The third kappa shape index (κ3) is 4.46. The van der Waals surface area contributed by atoms with Crippen LogP contribution in [0.1, 0.15) is 10.4 Å². The third-order valence-corrected chi connectivity index (χ3v) is 3.11. The van der Waals surface area contributed by atoms with Gasteiger partial charge in [0.15, 0.2) is 0 Å². The Morgan fingerprint density at radius 1 is 1.19 bits per heavy atom. The zero-order valence-corrected chi connectivity index (χ0v) is 12.6. The van der Waals surface area contributed by atoms with Crippen molar-refractivity contribution in [1.82, 2.24) is 0 Å². The first-order valence-electron chi connectivity index (χ1n) is 6.17. The maximum atomic E-state index is 13.0. The third-order valence-electron chi connectivity index (χ3n) is 2.61. The van der Waals surface area contributed by atoms with Gasteiger partial charge >= 0.3 is 5.97 Å². The van der Waals surface area contributed by atoms with E-state index in [4.69, 9.17) is 15.2 Å². The molecular weight excluding hydrogens is 341 g/mol. The van der Waals surface area contributed by atoms with E-state index < -0.39 is 11.8 Å². The van der Waals surface area contributed by atoms with E-state index in [0.717, 1.165) is 10.5 Å². The van der Waals surface area contributed by atoms with Crippen molar-refractivity contribution in [3.05, 3.63) is 58.3 Å². The minimum Gasteiger partial charge on any atom is -0.490 e. The van der Waals surface area contributed by atoms with Gasteiger partial charge in [-0.05, 0) is 36.4 Å². The first-order valence-corrected chi connectivity index (χ1v) is 6.96. The lowest BCUT2D eigenvalue weighted by Crippen LogP contribution is -2.12. The number of benzene rings is 2. The van der Waals surface area contributed by atoms with E-state index in [1.54, 1.807) is 6.07 Å². The number of nitrogens with two attached hydrogens (primary N) is 1. The summed E-state index contributed by atoms with van der Waals surface area (Å²) in [4.78, 5) is 11.7. The molecule has 0 saturated carbocycles. The van der Waals surface area contributed by atoms with Crippen LogP contribution >= 0.6 is 15.9 Å². The molecule has 0 aromatic heterocycles. The van der Waals surface area contributed by atoms with Crippen LogP contribution < -0.4 is 10.5 Å². The summed E-state index contributed by atoms with van der Waals surface area (Å²) >= 11 is 3.33. The van der Waals surface area contributed by atoms with Crippen LogP contribution in [0.4, 0.5) is 10.1 Å². The summed E-state index contributed by atoms with van der Waals surface area (Å²) in [6.07, 6.45) is 0. The fourth-order valence-corrected chi connectivity index (χ4v) is 1.98. The van der Waals surface area contributed by atoms with Crippen molar-refractivity contribution in [3.8, 4) is 5.75 Å². The smallest absolute Gasteiger partial charge is 0.338 e. The molecule has 6 heteroatoms. The van der Waals surface area contributed by atoms with E-state index >= 15 is 0 Å². The van der Waals surface area contributed by atoms with Crippen LogP contribution in [-0.2, 0) is 4.74 Å². The van der Waals surface area contributed by atoms with Gasteiger partial charge in [0.1, 0.15) is 24.8 Å². The van der Waals surface area contributed by atoms with Crippen molar-refractivity contribution >= 4 is 27.6 Å². The Morgan fingerprint density at radius 2 is 2.00 bits per heavy atom. The number of rotatable bonds is 5. The predicted molar refractivity (Wildman–Crippen MR) is 80.7 cm³/mol. The second-order valence-electron chi connectivity index (χ2n) is 4.18. The van der Waals surface area contributed by atoms with Gasteiger partial charge in [-0.2, -0.15) is 0 Å². The van der Waals surface area contributed by atoms with Crippen LogP contribution in [0.5, 0.6) is 5.75 Å². The van der Waals surface area contributed by atoms with Gasteiger partial charge in [-0.1, -0.05) is 22.0 Å². The normalized spacial score (nSPS) is 10.2. The van der Waals surface area contributed by atoms with Gasteiger partial charge in [0, 0.05) is 4.47 Å². The lowest BCUT2D eigenvalue weighted by atomic mass is 10.2. The molecule has 0 aliphatic rings. The largest absolute Gasteiger partial charge is 0.490 e. The Balaban J connectivity index is 1.80. The number of halogens is 2. The fraction of sp³-hybridized carbons (Fsp3) is 0.133. The Morgan fingerprint density at radius 3 is 2.71 bits per heavy atom. The summed E-state index contributed by atoms with van der Waals surface area (Å²) in [7, 11) is 0. The van der Waals surface area contributed by atoms with Crippen LogP contribution in [0.3, 0.4) is 0 Å². The van der Waals surface area contributed by atoms with Crippen molar-refractivity contribution in [2.24, 2.45) is 0 Å². The molecule has 2 aromatic carbocycles. The van der Waals surface area contributed by atoms with Gasteiger partial charge in [-0.25, -0.2) is 9.18 Å². The first kappa shape index (κ1) is 15.3. The highest BCUT2D eigenvalue weighted by atomic mass is 79.9. The molecule has 110 valence electrons. The highest BCUT2D eigenvalue weighted by molar-refractivity contribution is 9.10. The average Bonchev–Trinajstić information content (AvgIpc) is 2.46. The summed E-state index contributed by atoms with van der Waals surface area (Å²) in [5.41, 5.74) is 5.51. The summed E-state index contributed by atoms with van der Waals surface area (Å²) in [6, 6.07) is 11.0. The first-order chi connectivity index (χ1) is 10.1. The number of nitrogen functional groups attached to an aromatic ring is 1. The molecule has 0 radical (unpaired) electrons. The van der Waals surface area contributed by atoms with E-state index in [2.05, 4.69) is 15.9 Å². The van der Waals surface area contributed by atoms with Crippen molar-refractivity contribution < 1.29 is 18.7 Å². The van der Waals surface area contributed by atoms with Crippen LogP contribution in [-0.4, -0.2) is 19.2 Å². The number of hydrogen-bond acceptors (Lipinski definition) is 4. The van der Waals surface area contributed by atoms with E-state index in [9.17, 15) is 9.18 Å². The van der Waals surface area contributed by atoms with Gasteiger partial charge in [0.2, 0.25) is 0 Å². The van der Waals surface area contributed by atoms with E-state index in [-0.39, 0.29) is 24.5 Å². The number of esters is 1. The lowest BCUT2D eigenvalue weighted by Gasteiger charge is -2.08.